The molecular formula is C11H16N2O2. The number of benzene rings is 1. The number of hydrogen-bond acceptors (Lipinski definition) is 3. The fourth-order valence-corrected chi connectivity index (χ4v) is 1.40. The van der Waals surface area contributed by atoms with Crippen LogP contribution in [0.25, 0.3) is 0 Å². The van der Waals surface area contributed by atoms with Crippen LogP contribution in [0, 0.1) is 0 Å². The van der Waals surface area contributed by atoms with E-state index in [0.717, 1.165) is 11.3 Å². The van der Waals surface area contributed by atoms with Crippen LogP contribution in [0.1, 0.15) is 18.4 Å². The first-order valence-corrected chi connectivity index (χ1v) is 4.91. The maximum absolute atomic E-state index is 11.1. The summed E-state index contributed by atoms with van der Waals surface area (Å²) in [5.74, 6) is -0.119. The highest BCUT2D eigenvalue weighted by atomic mass is 16.5. The van der Waals surface area contributed by atoms with Crippen molar-refractivity contribution in [3.63, 3.8) is 0 Å². The van der Waals surface area contributed by atoms with Gasteiger partial charge in [0.1, 0.15) is 5.75 Å². The highest BCUT2D eigenvalue weighted by Gasteiger charge is 2.15. The molecule has 0 aromatic heterocycles. The third-order valence-corrected chi connectivity index (χ3v) is 2.15. The molecular weight excluding hydrogens is 192 g/mol. The maximum atomic E-state index is 11.1. The standard InChI is InChI=1S/C11H16N2O2/c1-2-15-9-5-3-4-8(6-9)10(7-12)11(13)14/h3-6,10H,2,7,12H2,1H3,(H2,13,14). The van der Waals surface area contributed by atoms with Crippen molar-refractivity contribution in [2.45, 2.75) is 12.8 Å². The lowest BCUT2D eigenvalue weighted by molar-refractivity contribution is -0.119. The van der Waals surface area contributed by atoms with E-state index in [1.807, 2.05) is 25.1 Å². The maximum Gasteiger partial charge on any atom is 0.226 e. The third kappa shape index (κ3) is 2.95. The lowest BCUT2D eigenvalue weighted by atomic mass is 9.98. The molecule has 1 aromatic rings. The van der Waals surface area contributed by atoms with Crippen LogP contribution in [0.4, 0.5) is 0 Å². The number of amides is 1. The molecule has 1 atom stereocenters. The lowest BCUT2D eigenvalue weighted by Crippen LogP contribution is -2.27. The Balaban J connectivity index is 2.92. The fourth-order valence-electron chi connectivity index (χ4n) is 1.40. The van der Waals surface area contributed by atoms with E-state index in [9.17, 15) is 4.79 Å². The van der Waals surface area contributed by atoms with E-state index < -0.39 is 11.8 Å². The SMILES string of the molecule is CCOc1cccc(C(CN)C(N)=O)c1. The average molecular weight is 208 g/mol. The summed E-state index contributed by atoms with van der Waals surface area (Å²) in [6.45, 7) is 2.71. The topological polar surface area (TPSA) is 78.3 Å². The minimum Gasteiger partial charge on any atom is -0.494 e. The molecule has 1 rings (SSSR count). The van der Waals surface area contributed by atoms with Gasteiger partial charge in [0.2, 0.25) is 5.91 Å². The van der Waals surface area contributed by atoms with Crippen LogP contribution in [0.2, 0.25) is 0 Å². The summed E-state index contributed by atoms with van der Waals surface area (Å²) < 4.78 is 5.33. The molecule has 4 N–H and O–H groups in total. The Morgan fingerprint density at radius 3 is 2.80 bits per heavy atom. The van der Waals surface area contributed by atoms with Crippen molar-refractivity contribution in [1.82, 2.24) is 0 Å². The van der Waals surface area contributed by atoms with E-state index in [4.69, 9.17) is 16.2 Å². The Labute approximate surface area is 89.2 Å². The van der Waals surface area contributed by atoms with Crippen molar-refractivity contribution in [1.29, 1.82) is 0 Å². The first kappa shape index (κ1) is 11.5. The Hall–Kier alpha value is -1.55. The number of carbonyl (C=O) groups is 1. The van der Waals surface area contributed by atoms with Crippen LogP contribution >= 0.6 is 0 Å². The van der Waals surface area contributed by atoms with Crippen molar-refractivity contribution in [2.24, 2.45) is 11.5 Å². The molecule has 0 saturated carbocycles. The normalized spacial score (nSPS) is 12.1. The molecule has 1 amide bonds. The highest BCUT2D eigenvalue weighted by molar-refractivity contribution is 5.82. The molecule has 1 unspecified atom stereocenters. The van der Waals surface area contributed by atoms with Gasteiger partial charge in [-0.1, -0.05) is 12.1 Å². The Kier molecular flexibility index (Phi) is 4.12. The molecule has 1 aromatic carbocycles. The van der Waals surface area contributed by atoms with Gasteiger partial charge in [0.25, 0.3) is 0 Å². The van der Waals surface area contributed by atoms with Gasteiger partial charge in [-0.2, -0.15) is 0 Å². The molecule has 82 valence electrons. The van der Waals surface area contributed by atoms with Gasteiger partial charge in [-0.05, 0) is 24.6 Å². The van der Waals surface area contributed by atoms with Crippen LogP contribution < -0.4 is 16.2 Å². The predicted molar refractivity (Wildman–Crippen MR) is 58.6 cm³/mol. The molecule has 0 heterocycles. The second-order valence-corrected chi connectivity index (χ2v) is 3.20. The molecule has 4 heteroatoms. The number of carbonyl (C=O) groups excluding carboxylic acids is 1. The van der Waals surface area contributed by atoms with Crippen LogP contribution in [-0.4, -0.2) is 19.1 Å². The van der Waals surface area contributed by atoms with Gasteiger partial charge >= 0.3 is 0 Å². The number of nitrogens with two attached hydrogens (primary N) is 2. The van der Waals surface area contributed by atoms with Crippen LogP contribution in [-0.2, 0) is 4.79 Å². The highest BCUT2D eigenvalue weighted by Crippen LogP contribution is 2.20. The Bertz CT molecular complexity index is 339. The first-order chi connectivity index (χ1) is 7.19. The molecule has 0 fully saturated rings. The predicted octanol–water partition coefficient (Wildman–Crippen LogP) is 0.613. The molecule has 0 saturated heterocycles. The molecule has 0 aliphatic carbocycles. The second kappa shape index (κ2) is 5.36. The number of ether oxygens (including phenoxy) is 1. The summed E-state index contributed by atoms with van der Waals surface area (Å²) in [6, 6.07) is 7.28. The van der Waals surface area contributed by atoms with E-state index in [0.29, 0.717) is 6.61 Å². The van der Waals surface area contributed by atoms with Crippen molar-refractivity contribution in [3.05, 3.63) is 29.8 Å². The summed E-state index contributed by atoms with van der Waals surface area (Å²) in [4.78, 5) is 11.1. The number of primary amides is 1. The molecule has 0 aliphatic rings. The van der Waals surface area contributed by atoms with Gasteiger partial charge in [-0.15, -0.1) is 0 Å². The van der Waals surface area contributed by atoms with E-state index >= 15 is 0 Å². The van der Waals surface area contributed by atoms with E-state index in [-0.39, 0.29) is 6.54 Å². The number of rotatable bonds is 5. The zero-order chi connectivity index (χ0) is 11.3. The van der Waals surface area contributed by atoms with Crippen LogP contribution in [0.5, 0.6) is 5.75 Å². The average Bonchev–Trinajstić information content (AvgIpc) is 2.19. The summed E-state index contributed by atoms with van der Waals surface area (Å²) in [5.41, 5.74) is 11.5. The van der Waals surface area contributed by atoms with E-state index in [1.54, 1.807) is 6.07 Å². The van der Waals surface area contributed by atoms with Crippen molar-refractivity contribution >= 4 is 5.91 Å². The van der Waals surface area contributed by atoms with Crippen molar-refractivity contribution < 1.29 is 9.53 Å². The van der Waals surface area contributed by atoms with E-state index in [1.165, 1.54) is 0 Å². The summed E-state index contributed by atoms with van der Waals surface area (Å²) in [6.07, 6.45) is 0. The monoisotopic (exact) mass is 208 g/mol. The summed E-state index contributed by atoms with van der Waals surface area (Å²) in [5, 5.41) is 0. The Morgan fingerprint density at radius 2 is 2.27 bits per heavy atom. The van der Waals surface area contributed by atoms with Gasteiger partial charge in [0, 0.05) is 6.54 Å². The fraction of sp³-hybridized carbons (Fsp3) is 0.364. The number of hydrogen-bond donors (Lipinski definition) is 2. The second-order valence-electron chi connectivity index (χ2n) is 3.20. The van der Waals surface area contributed by atoms with Gasteiger partial charge in [-0.3, -0.25) is 4.79 Å². The largest absolute Gasteiger partial charge is 0.494 e. The smallest absolute Gasteiger partial charge is 0.226 e. The van der Waals surface area contributed by atoms with Gasteiger partial charge < -0.3 is 16.2 Å². The zero-order valence-electron chi connectivity index (χ0n) is 8.77. The summed E-state index contributed by atoms with van der Waals surface area (Å²) >= 11 is 0. The van der Waals surface area contributed by atoms with Gasteiger partial charge in [0.05, 0.1) is 12.5 Å². The van der Waals surface area contributed by atoms with Gasteiger partial charge in [-0.25, -0.2) is 0 Å². The van der Waals surface area contributed by atoms with E-state index in [2.05, 4.69) is 0 Å². The third-order valence-electron chi connectivity index (χ3n) is 2.15. The van der Waals surface area contributed by atoms with Crippen LogP contribution in [0.15, 0.2) is 24.3 Å². The molecule has 0 radical (unpaired) electrons. The molecule has 4 nitrogen and oxygen atoms in total. The van der Waals surface area contributed by atoms with Crippen molar-refractivity contribution in [3.8, 4) is 5.75 Å². The molecule has 0 aliphatic heterocycles. The van der Waals surface area contributed by atoms with Gasteiger partial charge in [0.15, 0.2) is 0 Å². The summed E-state index contributed by atoms with van der Waals surface area (Å²) in [7, 11) is 0. The van der Waals surface area contributed by atoms with Crippen LogP contribution in [0.3, 0.4) is 0 Å². The molecule has 15 heavy (non-hydrogen) atoms. The minimum absolute atomic E-state index is 0.213. The minimum atomic E-state index is -0.439. The quantitative estimate of drug-likeness (QED) is 0.744. The Morgan fingerprint density at radius 1 is 1.53 bits per heavy atom. The van der Waals surface area contributed by atoms with Crippen molar-refractivity contribution in [2.75, 3.05) is 13.2 Å². The molecule has 0 spiro atoms. The first-order valence-electron chi connectivity index (χ1n) is 4.91. The molecule has 0 bridgehead atoms. The lowest BCUT2D eigenvalue weighted by Gasteiger charge is -2.12. The zero-order valence-corrected chi connectivity index (χ0v) is 8.77.